The van der Waals surface area contributed by atoms with Crippen LogP contribution in [0, 0.1) is 0 Å². The minimum atomic E-state index is -1.87. The zero-order valence-electron chi connectivity index (χ0n) is 35.2. The van der Waals surface area contributed by atoms with Crippen molar-refractivity contribution in [3.63, 3.8) is 0 Å². The largest absolute Gasteiger partial charge is 0.208 e. The highest BCUT2D eigenvalue weighted by atomic mass is 28.3. The van der Waals surface area contributed by atoms with Crippen LogP contribution in [0.3, 0.4) is 0 Å². The van der Waals surface area contributed by atoms with E-state index in [0.29, 0.717) is 17.5 Å². The third-order valence-electron chi connectivity index (χ3n) is 12.5. The SMILES string of the molecule is C[Si]1(C)c2ccccc2-c2cccc(-c3cccc(-c4cccc(-c5ccc(-c6nc(-c7cccc(-c8ccccc8)c7)nc(-c7cccc(-c8ccccc8)c7)n6)cc5)c4)c3)c21. The maximum Gasteiger partial charge on any atom is 0.164 e. The summed E-state index contributed by atoms with van der Waals surface area (Å²) in [5.41, 5.74) is 17.4. The maximum atomic E-state index is 5.13. The Hall–Kier alpha value is -7.79. The number of aromatic nitrogens is 3. The van der Waals surface area contributed by atoms with E-state index in [9.17, 15) is 0 Å². The topological polar surface area (TPSA) is 38.7 Å². The Morgan fingerprint density at radius 3 is 1.14 bits per heavy atom. The molecule has 0 saturated carbocycles. The first-order valence-electron chi connectivity index (χ1n) is 21.6. The molecule has 10 aromatic rings. The number of benzene rings is 9. The van der Waals surface area contributed by atoms with E-state index < -0.39 is 8.07 Å². The van der Waals surface area contributed by atoms with Gasteiger partial charge in [-0.15, -0.1) is 0 Å². The van der Waals surface area contributed by atoms with Gasteiger partial charge in [0.2, 0.25) is 0 Å². The second-order valence-electron chi connectivity index (χ2n) is 16.8. The summed E-state index contributed by atoms with van der Waals surface area (Å²) >= 11 is 0. The van der Waals surface area contributed by atoms with Crippen molar-refractivity contribution < 1.29 is 0 Å². The average Bonchev–Trinajstić information content (AvgIpc) is 3.60. The standard InChI is InChI=1S/C59H43N3Si/c1-63(2)55-31-10-9-28-53(55)54-30-15-29-52(56(54)63)49-25-12-24-48(37-49)47-23-11-20-44(36-47)42-32-34-43(35-33-42)57-60-58(50-26-13-21-45(38-50)40-16-5-3-6-17-40)62-59(61-57)51-27-14-22-46(39-51)41-18-7-4-8-19-41/h3-39H,1-2H3. The number of hydrogen-bond acceptors (Lipinski definition) is 3. The molecule has 0 fully saturated rings. The van der Waals surface area contributed by atoms with Crippen LogP contribution in [-0.4, -0.2) is 23.0 Å². The fourth-order valence-corrected chi connectivity index (χ4v) is 12.8. The summed E-state index contributed by atoms with van der Waals surface area (Å²) in [5.74, 6) is 1.89. The van der Waals surface area contributed by atoms with Crippen molar-refractivity contribution >= 4 is 18.4 Å². The molecule has 9 aromatic carbocycles. The lowest BCUT2D eigenvalue weighted by Gasteiger charge is -2.22. The molecule has 4 heteroatoms. The van der Waals surface area contributed by atoms with E-state index in [4.69, 9.17) is 15.0 Å². The van der Waals surface area contributed by atoms with Crippen LogP contribution in [0.25, 0.3) is 101 Å². The van der Waals surface area contributed by atoms with Gasteiger partial charge in [0.05, 0.1) is 0 Å². The molecule has 3 nitrogen and oxygen atoms in total. The van der Waals surface area contributed by atoms with Crippen LogP contribution in [0.2, 0.25) is 13.1 Å². The number of nitrogens with zero attached hydrogens (tertiary/aromatic N) is 3. The van der Waals surface area contributed by atoms with E-state index in [0.717, 1.165) is 50.1 Å². The molecule has 0 bridgehead atoms. The summed E-state index contributed by atoms with van der Waals surface area (Å²) in [7, 11) is -1.87. The van der Waals surface area contributed by atoms with Crippen molar-refractivity contribution in [2.45, 2.75) is 13.1 Å². The molecule has 1 aliphatic rings. The third kappa shape index (κ3) is 7.20. The van der Waals surface area contributed by atoms with Gasteiger partial charge in [-0.25, -0.2) is 15.0 Å². The highest BCUT2D eigenvalue weighted by Crippen LogP contribution is 2.36. The molecule has 1 aliphatic heterocycles. The second-order valence-corrected chi connectivity index (χ2v) is 21.1. The molecule has 0 atom stereocenters. The minimum Gasteiger partial charge on any atom is -0.208 e. The highest BCUT2D eigenvalue weighted by molar-refractivity contribution is 7.04. The number of fused-ring (bicyclic) bond motifs is 3. The molecule has 1 aromatic heterocycles. The van der Waals surface area contributed by atoms with Crippen LogP contribution in [0.1, 0.15) is 0 Å². The summed E-state index contributed by atoms with van der Waals surface area (Å²) in [6, 6.07) is 80.2. The van der Waals surface area contributed by atoms with Gasteiger partial charge in [-0.2, -0.15) is 0 Å². The van der Waals surface area contributed by atoms with Gasteiger partial charge in [-0.3, -0.25) is 0 Å². The molecule has 298 valence electrons. The molecule has 11 rings (SSSR count). The van der Waals surface area contributed by atoms with E-state index in [-0.39, 0.29) is 0 Å². The molecule has 0 radical (unpaired) electrons. The van der Waals surface area contributed by atoms with E-state index in [1.807, 2.05) is 12.1 Å². The van der Waals surface area contributed by atoms with Crippen molar-refractivity contribution in [1.82, 2.24) is 15.0 Å². The zero-order valence-corrected chi connectivity index (χ0v) is 36.2. The van der Waals surface area contributed by atoms with Crippen LogP contribution in [-0.2, 0) is 0 Å². The molecule has 0 amide bonds. The van der Waals surface area contributed by atoms with Gasteiger partial charge in [0.1, 0.15) is 8.07 Å². The Labute approximate surface area is 370 Å². The summed E-state index contributed by atoms with van der Waals surface area (Å²) in [5, 5.41) is 3.07. The van der Waals surface area contributed by atoms with Gasteiger partial charge >= 0.3 is 0 Å². The Balaban J connectivity index is 0.938. The van der Waals surface area contributed by atoms with Gasteiger partial charge in [-0.1, -0.05) is 213 Å². The van der Waals surface area contributed by atoms with Gasteiger partial charge in [-0.05, 0) is 101 Å². The van der Waals surface area contributed by atoms with E-state index in [1.165, 1.54) is 43.8 Å². The Kier molecular flexibility index (Phi) is 9.64. The lowest BCUT2D eigenvalue weighted by atomic mass is 9.94. The van der Waals surface area contributed by atoms with Crippen LogP contribution in [0.15, 0.2) is 224 Å². The molecule has 0 aliphatic carbocycles. The predicted octanol–water partition coefficient (Wildman–Crippen LogP) is 14.0. The van der Waals surface area contributed by atoms with Crippen molar-refractivity contribution in [3.8, 4) is 101 Å². The Morgan fingerprint density at radius 1 is 0.254 bits per heavy atom. The average molecular weight is 822 g/mol. The molecule has 0 unspecified atom stereocenters. The van der Waals surface area contributed by atoms with Gasteiger partial charge in [0, 0.05) is 16.7 Å². The third-order valence-corrected chi connectivity index (χ3v) is 16.1. The Morgan fingerprint density at radius 2 is 0.587 bits per heavy atom. The fourth-order valence-electron chi connectivity index (χ4n) is 9.34. The van der Waals surface area contributed by atoms with Gasteiger partial charge in [0.15, 0.2) is 17.5 Å². The summed E-state index contributed by atoms with van der Waals surface area (Å²) in [4.78, 5) is 15.4. The molecular weight excluding hydrogens is 779 g/mol. The first kappa shape index (κ1) is 38.2. The summed E-state index contributed by atoms with van der Waals surface area (Å²) in [6.45, 7) is 4.99. The predicted molar refractivity (Wildman–Crippen MR) is 266 cm³/mol. The molecule has 0 spiro atoms. The molecular formula is C59H43N3Si. The molecule has 63 heavy (non-hydrogen) atoms. The highest BCUT2D eigenvalue weighted by Gasteiger charge is 2.39. The van der Waals surface area contributed by atoms with E-state index in [2.05, 4.69) is 225 Å². The quantitative estimate of drug-likeness (QED) is 0.143. The smallest absolute Gasteiger partial charge is 0.164 e. The normalized spacial score (nSPS) is 12.4. The molecule has 2 heterocycles. The number of rotatable bonds is 8. The van der Waals surface area contributed by atoms with E-state index >= 15 is 0 Å². The van der Waals surface area contributed by atoms with Crippen molar-refractivity contribution in [3.05, 3.63) is 224 Å². The second kappa shape index (κ2) is 15.9. The first-order chi connectivity index (χ1) is 31.0. The van der Waals surface area contributed by atoms with Crippen LogP contribution >= 0.6 is 0 Å². The van der Waals surface area contributed by atoms with Crippen molar-refractivity contribution in [2.24, 2.45) is 0 Å². The van der Waals surface area contributed by atoms with Crippen molar-refractivity contribution in [2.75, 3.05) is 0 Å². The lowest BCUT2D eigenvalue weighted by molar-refractivity contribution is 1.07. The van der Waals surface area contributed by atoms with Crippen LogP contribution in [0.4, 0.5) is 0 Å². The maximum absolute atomic E-state index is 5.13. The Bertz CT molecular complexity index is 3200. The summed E-state index contributed by atoms with van der Waals surface area (Å²) in [6.07, 6.45) is 0. The fraction of sp³-hybridized carbons (Fsp3) is 0.0339. The first-order valence-corrected chi connectivity index (χ1v) is 24.6. The molecule has 0 N–H and O–H groups in total. The van der Waals surface area contributed by atoms with Crippen molar-refractivity contribution in [1.29, 1.82) is 0 Å². The van der Waals surface area contributed by atoms with Gasteiger partial charge in [0.25, 0.3) is 0 Å². The zero-order chi connectivity index (χ0) is 42.3. The summed E-state index contributed by atoms with van der Waals surface area (Å²) < 4.78 is 0. The van der Waals surface area contributed by atoms with Crippen LogP contribution < -0.4 is 10.4 Å². The van der Waals surface area contributed by atoms with E-state index in [1.54, 1.807) is 0 Å². The lowest BCUT2D eigenvalue weighted by Crippen LogP contribution is -2.50. The molecule has 0 saturated heterocycles. The monoisotopic (exact) mass is 821 g/mol. The minimum absolute atomic E-state index is 0.629. The van der Waals surface area contributed by atoms with Gasteiger partial charge < -0.3 is 0 Å². The number of hydrogen-bond donors (Lipinski definition) is 0. The van der Waals surface area contributed by atoms with Crippen LogP contribution in [0.5, 0.6) is 0 Å².